The Hall–Kier alpha value is -3.20. The van der Waals surface area contributed by atoms with Gasteiger partial charge in [-0.3, -0.25) is 14.4 Å². The molecule has 8 nitrogen and oxygen atoms in total. The minimum Gasteiger partial charge on any atom is -0.390 e. The molecular weight excluding hydrogens is 442 g/mol. The molecule has 0 radical (unpaired) electrons. The monoisotopic (exact) mass is 473 g/mol. The third kappa shape index (κ3) is 4.69. The summed E-state index contributed by atoms with van der Waals surface area (Å²) in [5.41, 5.74) is 6.24. The van der Waals surface area contributed by atoms with Gasteiger partial charge in [-0.05, 0) is 41.7 Å². The zero-order chi connectivity index (χ0) is 23.8. The fraction of sp³-hybridized carbons (Fsp3) is 0.407. The van der Waals surface area contributed by atoms with Crippen LogP contribution < -0.4 is 5.32 Å². The Bertz CT molecular complexity index is 1220. The second-order valence-electron chi connectivity index (χ2n) is 9.81. The predicted molar refractivity (Wildman–Crippen MR) is 133 cm³/mol. The molecule has 0 bridgehead atoms. The average Bonchev–Trinajstić information content (AvgIpc) is 3.27. The van der Waals surface area contributed by atoms with Gasteiger partial charge in [0.2, 0.25) is 0 Å². The molecule has 2 aromatic carbocycles. The molecule has 6 rings (SSSR count). The Balaban J connectivity index is 1.08. The summed E-state index contributed by atoms with van der Waals surface area (Å²) >= 11 is 0. The summed E-state index contributed by atoms with van der Waals surface area (Å²) in [4.78, 5) is 17.4. The number of nitrogens with one attached hydrogen (secondary N) is 1. The molecule has 8 heteroatoms. The number of fused-ring (bicyclic) bond motifs is 2. The highest BCUT2D eigenvalue weighted by Gasteiger charge is 2.28. The molecule has 1 fully saturated rings. The van der Waals surface area contributed by atoms with Crippen LogP contribution in [0.2, 0.25) is 0 Å². The van der Waals surface area contributed by atoms with Crippen LogP contribution in [-0.2, 0) is 24.1 Å². The maximum Gasteiger partial charge on any atom is 0.254 e. The Morgan fingerprint density at radius 1 is 1.03 bits per heavy atom. The van der Waals surface area contributed by atoms with E-state index in [1.165, 1.54) is 11.1 Å². The number of nitrogens with zero attached hydrogens (tertiary/aromatic N) is 4. The summed E-state index contributed by atoms with van der Waals surface area (Å²) < 4.78 is 7.16. The number of aromatic nitrogens is 2. The van der Waals surface area contributed by atoms with Crippen LogP contribution in [0, 0.1) is 0 Å². The van der Waals surface area contributed by atoms with Crippen molar-refractivity contribution in [3.8, 4) is 0 Å². The molecule has 3 aliphatic rings. The van der Waals surface area contributed by atoms with E-state index < -0.39 is 6.10 Å². The van der Waals surface area contributed by atoms with Gasteiger partial charge in [-0.2, -0.15) is 5.10 Å². The number of benzene rings is 2. The number of carbonyl (C=O) groups excluding carboxylic acids is 1. The van der Waals surface area contributed by atoms with Crippen molar-refractivity contribution < 1.29 is 14.6 Å². The van der Waals surface area contributed by atoms with E-state index in [0.717, 1.165) is 42.9 Å². The topological polar surface area (TPSA) is 82.9 Å². The van der Waals surface area contributed by atoms with Crippen molar-refractivity contribution >= 4 is 17.3 Å². The highest BCUT2D eigenvalue weighted by Crippen LogP contribution is 2.26. The van der Waals surface area contributed by atoms with E-state index in [-0.39, 0.29) is 5.91 Å². The summed E-state index contributed by atoms with van der Waals surface area (Å²) in [6.45, 7) is 4.73. The lowest BCUT2D eigenvalue weighted by molar-refractivity contribution is -0.0286. The summed E-state index contributed by atoms with van der Waals surface area (Å²) in [5.74, 6) is -0.0137. The van der Waals surface area contributed by atoms with Crippen molar-refractivity contribution in [2.45, 2.75) is 31.5 Å². The lowest BCUT2D eigenvalue weighted by Crippen LogP contribution is -2.46. The highest BCUT2D eigenvalue weighted by molar-refractivity contribution is 5.97. The Kier molecular flexibility index (Phi) is 6.01. The van der Waals surface area contributed by atoms with E-state index in [9.17, 15) is 9.90 Å². The zero-order valence-electron chi connectivity index (χ0n) is 19.8. The van der Waals surface area contributed by atoms with E-state index in [1.807, 2.05) is 29.1 Å². The van der Waals surface area contributed by atoms with E-state index in [1.54, 1.807) is 11.1 Å². The summed E-state index contributed by atoms with van der Waals surface area (Å²) in [5, 5.41) is 18.6. The Labute approximate surface area is 205 Å². The van der Waals surface area contributed by atoms with Gasteiger partial charge < -0.3 is 20.1 Å². The standard InChI is InChI=1S/C27H31N5O3/c33-25(15-30-9-7-19-3-1-2-4-21(19)13-30)16-31-10-8-20-5-6-22(11-26(20)27(31)34)29-23-12-28-32(14-23)24-17-35-18-24/h1-6,11-12,14,24-25,29,33H,7-10,13,15-18H2. The summed E-state index contributed by atoms with van der Waals surface area (Å²) in [6, 6.07) is 14.8. The lowest BCUT2D eigenvalue weighted by atomic mass is 9.97. The molecule has 1 unspecified atom stereocenters. The number of carbonyl (C=O) groups is 1. The van der Waals surface area contributed by atoms with Crippen LogP contribution in [0.25, 0.3) is 0 Å². The number of aliphatic hydroxyl groups is 1. The van der Waals surface area contributed by atoms with Crippen LogP contribution in [0.3, 0.4) is 0 Å². The third-order valence-electron chi connectivity index (χ3n) is 7.27. The van der Waals surface area contributed by atoms with Crippen molar-refractivity contribution in [3.63, 3.8) is 0 Å². The number of hydrogen-bond donors (Lipinski definition) is 2. The van der Waals surface area contributed by atoms with E-state index in [2.05, 4.69) is 39.6 Å². The minimum atomic E-state index is -0.576. The average molecular weight is 474 g/mol. The first-order chi connectivity index (χ1) is 17.1. The largest absolute Gasteiger partial charge is 0.390 e. The molecule has 35 heavy (non-hydrogen) atoms. The van der Waals surface area contributed by atoms with Crippen molar-refractivity contribution in [3.05, 3.63) is 77.1 Å². The second kappa shape index (κ2) is 9.45. The van der Waals surface area contributed by atoms with E-state index in [0.29, 0.717) is 44.5 Å². The molecule has 2 N–H and O–H groups in total. The molecule has 3 aromatic rings. The minimum absolute atomic E-state index is 0.0137. The maximum atomic E-state index is 13.3. The van der Waals surface area contributed by atoms with Crippen molar-refractivity contribution in [2.75, 3.05) is 44.7 Å². The molecule has 0 aliphatic carbocycles. The molecule has 1 amide bonds. The van der Waals surface area contributed by atoms with Gasteiger partial charge >= 0.3 is 0 Å². The van der Waals surface area contributed by atoms with Gasteiger partial charge in [0.15, 0.2) is 0 Å². The van der Waals surface area contributed by atoms with E-state index >= 15 is 0 Å². The molecule has 0 saturated carbocycles. The molecular formula is C27H31N5O3. The van der Waals surface area contributed by atoms with Crippen molar-refractivity contribution in [2.24, 2.45) is 0 Å². The maximum absolute atomic E-state index is 13.3. The van der Waals surface area contributed by atoms with Gasteiger partial charge in [0, 0.05) is 50.2 Å². The normalized spacial score (nSPS) is 19.1. The fourth-order valence-electron chi connectivity index (χ4n) is 5.24. The number of ether oxygens (including phenoxy) is 1. The highest BCUT2D eigenvalue weighted by atomic mass is 16.5. The second-order valence-corrected chi connectivity index (χ2v) is 9.81. The van der Waals surface area contributed by atoms with Crippen LogP contribution in [-0.4, -0.2) is 76.1 Å². The zero-order valence-corrected chi connectivity index (χ0v) is 19.8. The van der Waals surface area contributed by atoms with Crippen LogP contribution in [0.1, 0.15) is 33.1 Å². The smallest absolute Gasteiger partial charge is 0.254 e. The molecule has 1 saturated heterocycles. The summed E-state index contributed by atoms with van der Waals surface area (Å²) in [6.07, 6.45) is 4.98. The van der Waals surface area contributed by atoms with E-state index in [4.69, 9.17) is 4.74 Å². The number of rotatable bonds is 7. The number of aliphatic hydroxyl groups excluding tert-OH is 1. The molecule has 3 aliphatic heterocycles. The third-order valence-corrected chi connectivity index (χ3v) is 7.27. The van der Waals surface area contributed by atoms with Crippen molar-refractivity contribution in [1.29, 1.82) is 0 Å². The van der Waals surface area contributed by atoms with Gasteiger partial charge in [0.05, 0.1) is 37.2 Å². The first kappa shape index (κ1) is 22.3. The number of amides is 1. The number of β-amino-alcohol motifs (C(OH)–C–C–N with tert-alkyl or cyclic N) is 1. The predicted octanol–water partition coefficient (Wildman–Crippen LogP) is 2.62. The number of anilines is 2. The Morgan fingerprint density at radius 3 is 2.69 bits per heavy atom. The molecule has 1 atom stereocenters. The van der Waals surface area contributed by atoms with Gasteiger partial charge in [0.25, 0.3) is 5.91 Å². The molecule has 1 aromatic heterocycles. The SMILES string of the molecule is O=C1c2cc(Nc3cnn(C4COC4)c3)ccc2CCN1CC(O)CN1CCc2ccccc2C1. The first-order valence-electron chi connectivity index (χ1n) is 12.4. The quantitative estimate of drug-likeness (QED) is 0.549. The molecule has 0 spiro atoms. The van der Waals surface area contributed by atoms with Gasteiger partial charge in [-0.25, -0.2) is 0 Å². The van der Waals surface area contributed by atoms with Crippen LogP contribution in [0.15, 0.2) is 54.9 Å². The molecule has 182 valence electrons. The molecule has 4 heterocycles. The van der Waals surface area contributed by atoms with Crippen LogP contribution in [0.5, 0.6) is 0 Å². The Morgan fingerprint density at radius 2 is 1.86 bits per heavy atom. The van der Waals surface area contributed by atoms with Gasteiger partial charge in [-0.15, -0.1) is 0 Å². The van der Waals surface area contributed by atoms with Gasteiger partial charge in [-0.1, -0.05) is 30.3 Å². The fourth-order valence-corrected chi connectivity index (χ4v) is 5.24. The van der Waals surface area contributed by atoms with Gasteiger partial charge in [0.1, 0.15) is 0 Å². The van der Waals surface area contributed by atoms with Crippen LogP contribution in [0.4, 0.5) is 11.4 Å². The summed E-state index contributed by atoms with van der Waals surface area (Å²) in [7, 11) is 0. The number of hydrogen-bond acceptors (Lipinski definition) is 6. The van der Waals surface area contributed by atoms with Crippen LogP contribution >= 0.6 is 0 Å². The van der Waals surface area contributed by atoms with Crippen molar-refractivity contribution in [1.82, 2.24) is 19.6 Å². The lowest BCUT2D eigenvalue weighted by Gasteiger charge is -2.34. The first-order valence-corrected chi connectivity index (χ1v) is 12.4.